The van der Waals surface area contributed by atoms with Gasteiger partial charge in [0.15, 0.2) is 0 Å². The molecule has 0 radical (unpaired) electrons. The van der Waals surface area contributed by atoms with Gasteiger partial charge >= 0.3 is 6.03 Å². The lowest BCUT2D eigenvalue weighted by atomic mass is 10.1. The number of carbonyl (C=O) groups excluding carboxylic acids is 1. The van der Waals surface area contributed by atoms with Crippen LogP contribution in [0, 0.1) is 0 Å². The van der Waals surface area contributed by atoms with Gasteiger partial charge in [-0.2, -0.15) is 0 Å². The highest BCUT2D eigenvalue weighted by molar-refractivity contribution is 5.89. The average Bonchev–Trinajstić information content (AvgIpc) is 3.11. The SMILES string of the molecule is O=C(Nc1ccc2c(c1)COC2)N1CCN(Cc2ccccn2)CC1. The molecule has 25 heavy (non-hydrogen) atoms. The molecule has 6 nitrogen and oxygen atoms in total. The molecule has 0 unspecified atom stereocenters. The highest BCUT2D eigenvalue weighted by Crippen LogP contribution is 2.23. The maximum absolute atomic E-state index is 12.5. The number of carbonyl (C=O) groups is 1. The molecule has 0 saturated carbocycles. The number of piperazine rings is 1. The number of nitrogens with one attached hydrogen (secondary N) is 1. The number of ether oxygens (including phenoxy) is 1. The fourth-order valence-electron chi connectivity index (χ4n) is 3.28. The lowest BCUT2D eigenvalue weighted by Gasteiger charge is -2.34. The summed E-state index contributed by atoms with van der Waals surface area (Å²) in [6.45, 7) is 5.32. The van der Waals surface area contributed by atoms with E-state index in [0.29, 0.717) is 13.2 Å². The summed E-state index contributed by atoms with van der Waals surface area (Å²) < 4.78 is 5.42. The third-order valence-corrected chi connectivity index (χ3v) is 4.74. The lowest BCUT2D eigenvalue weighted by Crippen LogP contribution is -2.49. The molecule has 3 heterocycles. The van der Waals surface area contributed by atoms with Crippen LogP contribution >= 0.6 is 0 Å². The van der Waals surface area contributed by atoms with Gasteiger partial charge in [-0.1, -0.05) is 12.1 Å². The number of urea groups is 1. The van der Waals surface area contributed by atoms with E-state index < -0.39 is 0 Å². The number of amides is 2. The molecule has 2 aliphatic heterocycles. The summed E-state index contributed by atoms with van der Waals surface area (Å²) in [4.78, 5) is 21.1. The van der Waals surface area contributed by atoms with Crippen LogP contribution in [0.2, 0.25) is 0 Å². The van der Waals surface area contributed by atoms with Crippen molar-refractivity contribution in [3.05, 3.63) is 59.4 Å². The molecule has 0 spiro atoms. The first kappa shape index (κ1) is 16.1. The normalized spacial score (nSPS) is 17.4. The fraction of sp³-hybridized carbons (Fsp3) is 0.368. The molecule has 6 heteroatoms. The Morgan fingerprint density at radius 3 is 2.72 bits per heavy atom. The summed E-state index contributed by atoms with van der Waals surface area (Å²) in [6, 6.07) is 11.9. The fourth-order valence-corrected chi connectivity index (χ4v) is 3.28. The van der Waals surface area contributed by atoms with Gasteiger partial charge in [0, 0.05) is 44.6 Å². The molecule has 0 aliphatic carbocycles. The van der Waals surface area contributed by atoms with Gasteiger partial charge in [0.2, 0.25) is 0 Å². The largest absolute Gasteiger partial charge is 0.372 e. The first-order valence-electron chi connectivity index (χ1n) is 8.66. The van der Waals surface area contributed by atoms with Crippen molar-refractivity contribution in [1.82, 2.24) is 14.8 Å². The Kier molecular flexibility index (Phi) is 4.63. The van der Waals surface area contributed by atoms with Crippen molar-refractivity contribution in [2.24, 2.45) is 0 Å². The third-order valence-electron chi connectivity index (χ3n) is 4.74. The van der Waals surface area contributed by atoms with E-state index in [0.717, 1.165) is 49.7 Å². The summed E-state index contributed by atoms with van der Waals surface area (Å²) in [5.74, 6) is 0. The molecule has 130 valence electrons. The third kappa shape index (κ3) is 3.81. The van der Waals surface area contributed by atoms with Gasteiger partial charge in [0.25, 0.3) is 0 Å². The summed E-state index contributed by atoms with van der Waals surface area (Å²) in [6.07, 6.45) is 1.82. The molecule has 0 bridgehead atoms. The molecule has 1 N–H and O–H groups in total. The van der Waals surface area contributed by atoms with Crippen molar-refractivity contribution in [3.8, 4) is 0 Å². The Morgan fingerprint density at radius 1 is 1.08 bits per heavy atom. The second-order valence-electron chi connectivity index (χ2n) is 6.49. The standard InChI is InChI=1S/C19H22N4O2/c24-19(21-17-5-4-15-13-25-14-16(15)11-17)23-9-7-22(8-10-23)12-18-3-1-2-6-20-18/h1-6,11H,7-10,12-14H2,(H,21,24). The summed E-state index contributed by atoms with van der Waals surface area (Å²) in [5.41, 5.74) is 4.28. The minimum Gasteiger partial charge on any atom is -0.372 e. The molecule has 1 saturated heterocycles. The maximum atomic E-state index is 12.5. The molecule has 1 aromatic heterocycles. The number of nitrogens with zero attached hydrogens (tertiary/aromatic N) is 3. The topological polar surface area (TPSA) is 57.7 Å². The minimum atomic E-state index is -0.0312. The molecule has 2 aliphatic rings. The van der Waals surface area contributed by atoms with E-state index in [9.17, 15) is 4.79 Å². The van der Waals surface area contributed by atoms with Crippen molar-refractivity contribution in [1.29, 1.82) is 0 Å². The second-order valence-corrected chi connectivity index (χ2v) is 6.49. The van der Waals surface area contributed by atoms with Crippen molar-refractivity contribution < 1.29 is 9.53 Å². The van der Waals surface area contributed by atoms with Crippen LogP contribution in [0.15, 0.2) is 42.6 Å². The van der Waals surface area contributed by atoms with Crippen molar-refractivity contribution in [2.75, 3.05) is 31.5 Å². The zero-order chi connectivity index (χ0) is 17.1. The van der Waals surface area contributed by atoms with Crippen LogP contribution in [0.3, 0.4) is 0 Å². The van der Waals surface area contributed by atoms with Gasteiger partial charge in [0.05, 0.1) is 18.9 Å². The van der Waals surface area contributed by atoms with Gasteiger partial charge in [-0.25, -0.2) is 4.79 Å². The van der Waals surface area contributed by atoms with Crippen LogP contribution in [0.1, 0.15) is 16.8 Å². The van der Waals surface area contributed by atoms with Crippen LogP contribution < -0.4 is 5.32 Å². The number of hydrogen-bond donors (Lipinski definition) is 1. The highest BCUT2D eigenvalue weighted by Gasteiger charge is 2.22. The second kappa shape index (κ2) is 7.21. The molecule has 1 fully saturated rings. The van der Waals surface area contributed by atoms with Gasteiger partial charge in [-0.15, -0.1) is 0 Å². The molecule has 0 atom stereocenters. The van der Waals surface area contributed by atoms with Crippen LogP contribution in [0.25, 0.3) is 0 Å². The molecule has 2 aromatic rings. The predicted molar refractivity (Wildman–Crippen MR) is 95.0 cm³/mol. The van der Waals surface area contributed by atoms with E-state index in [1.807, 2.05) is 47.5 Å². The number of fused-ring (bicyclic) bond motifs is 1. The Morgan fingerprint density at radius 2 is 1.92 bits per heavy atom. The van der Waals surface area contributed by atoms with E-state index in [1.165, 1.54) is 5.56 Å². The van der Waals surface area contributed by atoms with Crippen LogP contribution in [-0.2, 0) is 24.5 Å². The first-order valence-corrected chi connectivity index (χ1v) is 8.66. The van der Waals surface area contributed by atoms with Crippen molar-refractivity contribution in [3.63, 3.8) is 0 Å². The Hall–Kier alpha value is -2.44. The lowest BCUT2D eigenvalue weighted by molar-refractivity contribution is 0.134. The number of rotatable bonds is 3. The molecular formula is C19H22N4O2. The minimum absolute atomic E-state index is 0.0312. The monoisotopic (exact) mass is 338 g/mol. The Labute approximate surface area is 147 Å². The average molecular weight is 338 g/mol. The van der Waals surface area contributed by atoms with Crippen LogP contribution in [0.4, 0.5) is 10.5 Å². The van der Waals surface area contributed by atoms with Crippen LogP contribution in [-0.4, -0.2) is 47.0 Å². The van der Waals surface area contributed by atoms with E-state index in [-0.39, 0.29) is 6.03 Å². The van der Waals surface area contributed by atoms with E-state index in [2.05, 4.69) is 15.2 Å². The number of benzene rings is 1. The van der Waals surface area contributed by atoms with E-state index in [1.54, 1.807) is 0 Å². The molecule has 4 rings (SSSR count). The van der Waals surface area contributed by atoms with Crippen molar-refractivity contribution >= 4 is 11.7 Å². The molecule has 2 amide bonds. The smallest absolute Gasteiger partial charge is 0.321 e. The Bertz CT molecular complexity index is 742. The van der Waals surface area contributed by atoms with Gasteiger partial charge in [0.1, 0.15) is 0 Å². The summed E-state index contributed by atoms with van der Waals surface area (Å²) in [7, 11) is 0. The molecule has 1 aromatic carbocycles. The van der Waals surface area contributed by atoms with E-state index in [4.69, 9.17) is 4.74 Å². The quantitative estimate of drug-likeness (QED) is 0.934. The molecular weight excluding hydrogens is 316 g/mol. The van der Waals surface area contributed by atoms with Gasteiger partial charge in [-0.05, 0) is 35.4 Å². The number of hydrogen-bond acceptors (Lipinski definition) is 4. The number of anilines is 1. The van der Waals surface area contributed by atoms with Gasteiger partial charge < -0.3 is 15.0 Å². The van der Waals surface area contributed by atoms with Crippen LogP contribution in [0.5, 0.6) is 0 Å². The zero-order valence-electron chi connectivity index (χ0n) is 14.1. The van der Waals surface area contributed by atoms with Crippen molar-refractivity contribution in [2.45, 2.75) is 19.8 Å². The summed E-state index contributed by atoms with van der Waals surface area (Å²) in [5, 5.41) is 3.01. The first-order chi connectivity index (χ1) is 12.3. The number of pyridine rings is 1. The zero-order valence-corrected chi connectivity index (χ0v) is 14.1. The maximum Gasteiger partial charge on any atom is 0.321 e. The predicted octanol–water partition coefficient (Wildman–Crippen LogP) is 2.46. The Balaban J connectivity index is 1.29. The number of aromatic nitrogens is 1. The highest BCUT2D eigenvalue weighted by atomic mass is 16.5. The van der Waals surface area contributed by atoms with E-state index >= 15 is 0 Å². The van der Waals surface area contributed by atoms with Gasteiger partial charge in [-0.3, -0.25) is 9.88 Å². The summed E-state index contributed by atoms with van der Waals surface area (Å²) >= 11 is 0.